The molecule has 0 aliphatic carbocycles. The van der Waals surface area contributed by atoms with Crippen LogP contribution in [0.3, 0.4) is 0 Å². The molecule has 0 radical (unpaired) electrons. The first-order chi connectivity index (χ1) is 10.7. The second kappa shape index (κ2) is 6.66. The number of rotatable bonds is 5. The van der Waals surface area contributed by atoms with Gasteiger partial charge in [0.05, 0.1) is 24.7 Å². The van der Waals surface area contributed by atoms with E-state index < -0.39 is 7.12 Å². The number of carbonyl (C=O) groups excluding carboxylic acids is 1. The number of carbonyl (C=O) groups is 1. The SMILES string of the molecule is CCCc1c(CC(=O)OC)cccc1B1OC(C)(C)C(C)(C)O1. The lowest BCUT2D eigenvalue weighted by Gasteiger charge is -2.32. The van der Waals surface area contributed by atoms with Crippen LogP contribution < -0.4 is 5.46 Å². The lowest BCUT2D eigenvalue weighted by molar-refractivity contribution is -0.139. The molecule has 23 heavy (non-hydrogen) atoms. The highest BCUT2D eigenvalue weighted by Gasteiger charge is 2.52. The van der Waals surface area contributed by atoms with Gasteiger partial charge in [-0.1, -0.05) is 31.5 Å². The number of esters is 1. The van der Waals surface area contributed by atoms with Gasteiger partial charge in [0, 0.05) is 0 Å². The summed E-state index contributed by atoms with van der Waals surface area (Å²) < 4.78 is 17.2. The third-order valence-corrected chi connectivity index (χ3v) is 4.88. The van der Waals surface area contributed by atoms with Gasteiger partial charge in [0.25, 0.3) is 0 Å². The Morgan fingerprint density at radius 3 is 2.30 bits per heavy atom. The quantitative estimate of drug-likeness (QED) is 0.618. The fourth-order valence-corrected chi connectivity index (χ4v) is 2.79. The molecule has 0 N–H and O–H groups in total. The number of hydrogen-bond acceptors (Lipinski definition) is 4. The number of hydrogen-bond donors (Lipinski definition) is 0. The van der Waals surface area contributed by atoms with Gasteiger partial charge < -0.3 is 14.0 Å². The van der Waals surface area contributed by atoms with Gasteiger partial charge in [0.1, 0.15) is 0 Å². The molecule has 0 bridgehead atoms. The van der Waals surface area contributed by atoms with Crippen LogP contribution in [0.2, 0.25) is 0 Å². The fraction of sp³-hybridized carbons (Fsp3) is 0.611. The van der Waals surface area contributed by atoms with E-state index in [1.807, 2.05) is 45.9 Å². The standard InChI is InChI=1S/C18H27BO4/c1-7-9-14-13(12-16(20)21-6)10-8-11-15(14)19-22-17(2,3)18(4,5)23-19/h8,10-11H,7,9,12H2,1-6H3. The fourth-order valence-electron chi connectivity index (χ4n) is 2.79. The van der Waals surface area contributed by atoms with Crippen molar-refractivity contribution in [2.24, 2.45) is 0 Å². The van der Waals surface area contributed by atoms with E-state index in [2.05, 4.69) is 6.92 Å². The van der Waals surface area contributed by atoms with Crippen molar-refractivity contribution < 1.29 is 18.8 Å². The van der Waals surface area contributed by atoms with E-state index in [1.165, 1.54) is 7.11 Å². The van der Waals surface area contributed by atoms with Crippen LogP contribution in [-0.2, 0) is 31.7 Å². The predicted molar refractivity (Wildman–Crippen MR) is 91.9 cm³/mol. The third-order valence-electron chi connectivity index (χ3n) is 4.88. The van der Waals surface area contributed by atoms with Crippen molar-refractivity contribution in [1.29, 1.82) is 0 Å². The van der Waals surface area contributed by atoms with E-state index in [4.69, 9.17) is 14.0 Å². The van der Waals surface area contributed by atoms with Crippen molar-refractivity contribution in [1.82, 2.24) is 0 Å². The summed E-state index contributed by atoms with van der Waals surface area (Å²) in [5, 5.41) is 0. The summed E-state index contributed by atoms with van der Waals surface area (Å²) in [7, 11) is 1.01. The highest BCUT2D eigenvalue weighted by atomic mass is 16.7. The van der Waals surface area contributed by atoms with Gasteiger partial charge >= 0.3 is 13.1 Å². The number of ether oxygens (including phenoxy) is 1. The van der Waals surface area contributed by atoms with Crippen LogP contribution in [0, 0.1) is 0 Å². The Morgan fingerprint density at radius 2 is 1.78 bits per heavy atom. The Morgan fingerprint density at radius 1 is 1.17 bits per heavy atom. The summed E-state index contributed by atoms with van der Waals surface area (Å²) in [5.74, 6) is -0.228. The first-order valence-electron chi connectivity index (χ1n) is 8.25. The largest absolute Gasteiger partial charge is 0.495 e. The van der Waals surface area contributed by atoms with Crippen LogP contribution in [0.4, 0.5) is 0 Å². The average Bonchev–Trinajstić information content (AvgIpc) is 2.69. The Hall–Kier alpha value is -1.33. The van der Waals surface area contributed by atoms with Crippen LogP contribution in [-0.4, -0.2) is 31.4 Å². The zero-order valence-corrected chi connectivity index (χ0v) is 15.1. The minimum Gasteiger partial charge on any atom is -0.469 e. The predicted octanol–water partition coefficient (Wildman–Crippen LogP) is 2.65. The Balaban J connectivity index is 2.39. The van der Waals surface area contributed by atoms with Crippen molar-refractivity contribution >= 4 is 18.6 Å². The minimum absolute atomic E-state index is 0.228. The lowest BCUT2D eigenvalue weighted by Crippen LogP contribution is -2.41. The molecule has 0 saturated carbocycles. The van der Waals surface area contributed by atoms with Crippen LogP contribution in [0.1, 0.15) is 52.2 Å². The van der Waals surface area contributed by atoms with Gasteiger partial charge in [-0.3, -0.25) is 4.79 Å². The van der Waals surface area contributed by atoms with Gasteiger partial charge in [-0.15, -0.1) is 0 Å². The highest BCUT2D eigenvalue weighted by Crippen LogP contribution is 2.36. The third kappa shape index (κ3) is 3.61. The molecule has 1 aromatic carbocycles. The molecule has 2 rings (SSSR count). The normalized spacial score (nSPS) is 19.0. The van der Waals surface area contributed by atoms with E-state index in [-0.39, 0.29) is 23.6 Å². The zero-order chi connectivity index (χ0) is 17.3. The van der Waals surface area contributed by atoms with Gasteiger partial charge in [0.15, 0.2) is 0 Å². The molecule has 0 spiro atoms. The molecule has 5 heteroatoms. The van der Waals surface area contributed by atoms with Gasteiger partial charge in [0.2, 0.25) is 0 Å². The molecule has 1 aromatic rings. The van der Waals surface area contributed by atoms with Crippen molar-refractivity contribution in [3.8, 4) is 0 Å². The van der Waals surface area contributed by atoms with Crippen LogP contribution in [0.5, 0.6) is 0 Å². The van der Waals surface area contributed by atoms with E-state index in [9.17, 15) is 4.79 Å². The van der Waals surface area contributed by atoms with E-state index in [0.29, 0.717) is 0 Å². The lowest BCUT2D eigenvalue weighted by atomic mass is 9.73. The molecule has 0 aromatic heterocycles. The molecule has 0 unspecified atom stereocenters. The summed E-state index contributed by atoms with van der Waals surface area (Å²) in [6.45, 7) is 10.3. The van der Waals surface area contributed by atoms with Crippen LogP contribution >= 0.6 is 0 Å². The molecule has 1 fully saturated rings. The summed E-state index contributed by atoms with van der Waals surface area (Å²) in [6, 6.07) is 5.97. The van der Waals surface area contributed by atoms with Crippen molar-refractivity contribution in [2.75, 3.05) is 7.11 Å². The Labute approximate surface area is 139 Å². The van der Waals surface area contributed by atoms with E-state index >= 15 is 0 Å². The smallest absolute Gasteiger partial charge is 0.469 e. The van der Waals surface area contributed by atoms with Crippen LogP contribution in [0.25, 0.3) is 0 Å². The molecule has 1 aliphatic heterocycles. The second-order valence-corrected chi connectivity index (χ2v) is 7.08. The Bertz CT molecular complexity index is 564. The molecule has 4 nitrogen and oxygen atoms in total. The highest BCUT2D eigenvalue weighted by molar-refractivity contribution is 6.62. The van der Waals surface area contributed by atoms with Crippen molar-refractivity contribution in [3.05, 3.63) is 29.3 Å². The molecule has 1 heterocycles. The second-order valence-electron chi connectivity index (χ2n) is 7.08. The monoisotopic (exact) mass is 318 g/mol. The van der Waals surface area contributed by atoms with Gasteiger partial charge in [-0.2, -0.15) is 0 Å². The Kier molecular flexibility index (Phi) is 5.22. The number of methoxy groups -OCH3 is 1. The molecule has 1 saturated heterocycles. The molecule has 0 amide bonds. The maximum absolute atomic E-state index is 11.7. The summed E-state index contributed by atoms with van der Waals surface area (Å²) in [4.78, 5) is 11.7. The zero-order valence-electron chi connectivity index (χ0n) is 15.1. The molecular formula is C18H27BO4. The number of benzene rings is 1. The van der Waals surface area contributed by atoms with Crippen LogP contribution in [0.15, 0.2) is 18.2 Å². The molecule has 0 atom stereocenters. The first-order valence-corrected chi connectivity index (χ1v) is 8.25. The summed E-state index contributed by atoms with van der Waals surface area (Å²) in [5.41, 5.74) is 2.40. The summed E-state index contributed by atoms with van der Waals surface area (Å²) >= 11 is 0. The minimum atomic E-state index is -0.404. The van der Waals surface area contributed by atoms with E-state index in [1.54, 1.807) is 0 Å². The van der Waals surface area contributed by atoms with Gasteiger partial charge in [-0.25, -0.2) is 0 Å². The topological polar surface area (TPSA) is 44.8 Å². The van der Waals surface area contributed by atoms with Gasteiger partial charge in [-0.05, 0) is 50.7 Å². The van der Waals surface area contributed by atoms with Crippen molar-refractivity contribution in [2.45, 2.75) is 65.1 Å². The maximum atomic E-state index is 11.7. The first kappa shape index (κ1) is 18.0. The maximum Gasteiger partial charge on any atom is 0.495 e. The van der Waals surface area contributed by atoms with E-state index in [0.717, 1.165) is 29.4 Å². The summed E-state index contributed by atoms with van der Waals surface area (Å²) in [6.07, 6.45) is 2.15. The molecule has 126 valence electrons. The average molecular weight is 318 g/mol. The van der Waals surface area contributed by atoms with Crippen molar-refractivity contribution in [3.63, 3.8) is 0 Å². The molecular weight excluding hydrogens is 291 g/mol. The molecule has 1 aliphatic rings.